The molecule has 1 aliphatic heterocycles. The molecular formula is C11H21NO. The van der Waals surface area contributed by atoms with Crippen molar-refractivity contribution in [2.75, 3.05) is 19.7 Å². The first kappa shape index (κ1) is 10.7. The fourth-order valence-corrected chi connectivity index (χ4v) is 2.09. The molecule has 0 aromatic rings. The second kappa shape index (κ2) is 6.17. The summed E-state index contributed by atoms with van der Waals surface area (Å²) in [5.74, 6) is 0. The van der Waals surface area contributed by atoms with Gasteiger partial charge in [-0.1, -0.05) is 12.5 Å². The van der Waals surface area contributed by atoms with Crippen LogP contribution in [0.3, 0.4) is 0 Å². The highest BCUT2D eigenvalue weighted by atomic mass is 16.3. The van der Waals surface area contributed by atoms with Gasteiger partial charge in [-0.2, -0.15) is 0 Å². The molecule has 1 N–H and O–H groups in total. The Bertz CT molecular complexity index is 145. The number of piperidine rings is 1. The Balaban J connectivity index is 2.31. The highest BCUT2D eigenvalue weighted by Gasteiger charge is 2.20. The molecule has 1 aliphatic rings. The topological polar surface area (TPSA) is 23.5 Å². The minimum absolute atomic E-state index is 0.329. The molecule has 1 atom stereocenters. The quantitative estimate of drug-likeness (QED) is 0.657. The predicted molar refractivity (Wildman–Crippen MR) is 55.7 cm³/mol. The molecule has 0 aromatic carbocycles. The Labute approximate surface area is 81.2 Å². The number of hydrogen-bond donors (Lipinski definition) is 1. The third-order valence-electron chi connectivity index (χ3n) is 2.83. The molecule has 76 valence electrons. The summed E-state index contributed by atoms with van der Waals surface area (Å²) < 4.78 is 0. The van der Waals surface area contributed by atoms with Gasteiger partial charge in [-0.3, -0.25) is 4.90 Å². The number of rotatable bonds is 5. The Kier molecular flexibility index (Phi) is 5.09. The molecule has 0 saturated carbocycles. The molecule has 0 radical (unpaired) electrons. The average molecular weight is 183 g/mol. The van der Waals surface area contributed by atoms with E-state index in [2.05, 4.69) is 11.5 Å². The van der Waals surface area contributed by atoms with Crippen LogP contribution in [-0.4, -0.2) is 35.7 Å². The molecule has 1 unspecified atom stereocenters. The summed E-state index contributed by atoms with van der Waals surface area (Å²) in [5, 5.41) is 8.91. The molecule has 13 heavy (non-hydrogen) atoms. The maximum absolute atomic E-state index is 8.91. The Morgan fingerprint density at radius 3 is 3.00 bits per heavy atom. The maximum atomic E-state index is 8.91. The summed E-state index contributed by atoms with van der Waals surface area (Å²) in [6.45, 7) is 6.39. The lowest BCUT2D eigenvalue weighted by Gasteiger charge is -2.35. The Morgan fingerprint density at radius 2 is 2.31 bits per heavy atom. The first-order chi connectivity index (χ1) is 6.38. The monoisotopic (exact) mass is 183 g/mol. The zero-order valence-electron chi connectivity index (χ0n) is 8.41. The summed E-state index contributed by atoms with van der Waals surface area (Å²) in [5.41, 5.74) is 0. The standard InChI is InChI=1S/C11H21NO/c1-2-3-8-12-9-5-4-6-11(12)7-10-13/h2,11,13H,1,3-10H2. The van der Waals surface area contributed by atoms with Gasteiger partial charge in [0.2, 0.25) is 0 Å². The van der Waals surface area contributed by atoms with E-state index in [0.717, 1.165) is 19.4 Å². The molecule has 1 fully saturated rings. The molecular weight excluding hydrogens is 162 g/mol. The third kappa shape index (κ3) is 3.49. The van der Waals surface area contributed by atoms with Crippen molar-refractivity contribution < 1.29 is 5.11 Å². The summed E-state index contributed by atoms with van der Waals surface area (Å²) in [4.78, 5) is 2.50. The highest BCUT2D eigenvalue weighted by Crippen LogP contribution is 2.19. The van der Waals surface area contributed by atoms with Crippen LogP contribution in [0.5, 0.6) is 0 Å². The van der Waals surface area contributed by atoms with Crippen molar-refractivity contribution in [1.29, 1.82) is 0 Å². The van der Waals surface area contributed by atoms with Crippen molar-refractivity contribution in [2.45, 2.75) is 38.1 Å². The lowest BCUT2D eigenvalue weighted by atomic mass is 9.99. The van der Waals surface area contributed by atoms with Crippen LogP contribution in [0.4, 0.5) is 0 Å². The van der Waals surface area contributed by atoms with E-state index in [4.69, 9.17) is 5.11 Å². The zero-order valence-corrected chi connectivity index (χ0v) is 8.41. The van der Waals surface area contributed by atoms with Crippen molar-refractivity contribution in [3.05, 3.63) is 12.7 Å². The van der Waals surface area contributed by atoms with Crippen LogP contribution in [0.15, 0.2) is 12.7 Å². The summed E-state index contributed by atoms with van der Waals surface area (Å²) in [6.07, 6.45) is 7.90. The smallest absolute Gasteiger partial charge is 0.0445 e. The lowest BCUT2D eigenvalue weighted by molar-refractivity contribution is 0.121. The van der Waals surface area contributed by atoms with Gasteiger partial charge in [0.05, 0.1) is 0 Å². The molecule has 0 amide bonds. The molecule has 2 heteroatoms. The molecule has 2 nitrogen and oxygen atoms in total. The maximum Gasteiger partial charge on any atom is 0.0445 e. The van der Waals surface area contributed by atoms with E-state index in [0.29, 0.717) is 12.6 Å². The molecule has 1 heterocycles. The van der Waals surface area contributed by atoms with Crippen molar-refractivity contribution in [2.24, 2.45) is 0 Å². The van der Waals surface area contributed by atoms with Gasteiger partial charge in [0.15, 0.2) is 0 Å². The van der Waals surface area contributed by atoms with Gasteiger partial charge >= 0.3 is 0 Å². The fourth-order valence-electron chi connectivity index (χ4n) is 2.09. The van der Waals surface area contributed by atoms with E-state index in [1.807, 2.05) is 6.08 Å². The molecule has 0 bridgehead atoms. The van der Waals surface area contributed by atoms with E-state index < -0.39 is 0 Å². The summed E-state index contributed by atoms with van der Waals surface area (Å²) in [7, 11) is 0. The van der Waals surface area contributed by atoms with Crippen molar-refractivity contribution in [1.82, 2.24) is 4.90 Å². The summed E-state index contributed by atoms with van der Waals surface area (Å²) >= 11 is 0. The van der Waals surface area contributed by atoms with E-state index in [1.54, 1.807) is 0 Å². The fraction of sp³-hybridized carbons (Fsp3) is 0.818. The van der Waals surface area contributed by atoms with Gasteiger partial charge in [-0.05, 0) is 32.2 Å². The van der Waals surface area contributed by atoms with E-state index in [1.165, 1.54) is 25.8 Å². The Hall–Kier alpha value is -0.340. The predicted octanol–water partition coefficient (Wildman–Crippen LogP) is 1.80. The third-order valence-corrected chi connectivity index (χ3v) is 2.83. The Morgan fingerprint density at radius 1 is 1.46 bits per heavy atom. The van der Waals surface area contributed by atoms with Crippen molar-refractivity contribution in [3.8, 4) is 0 Å². The van der Waals surface area contributed by atoms with Gasteiger partial charge in [0, 0.05) is 19.2 Å². The van der Waals surface area contributed by atoms with Crippen LogP contribution in [-0.2, 0) is 0 Å². The van der Waals surface area contributed by atoms with Crippen LogP contribution >= 0.6 is 0 Å². The lowest BCUT2D eigenvalue weighted by Crippen LogP contribution is -2.40. The van der Waals surface area contributed by atoms with Crippen LogP contribution in [0.1, 0.15) is 32.1 Å². The highest BCUT2D eigenvalue weighted by molar-refractivity contribution is 4.79. The number of nitrogens with zero attached hydrogens (tertiary/aromatic N) is 1. The number of aliphatic hydroxyl groups is 1. The minimum Gasteiger partial charge on any atom is -0.396 e. The molecule has 1 rings (SSSR count). The van der Waals surface area contributed by atoms with Gasteiger partial charge in [0.1, 0.15) is 0 Å². The first-order valence-corrected chi connectivity index (χ1v) is 5.34. The number of hydrogen-bond acceptors (Lipinski definition) is 2. The molecule has 0 spiro atoms. The van der Waals surface area contributed by atoms with Crippen molar-refractivity contribution >= 4 is 0 Å². The van der Waals surface area contributed by atoms with Gasteiger partial charge in [0.25, 0.3) is 0 Å². The van der Waals surface area contributed by atoms with Gasteiger partial charge < -0.3 is 5.11 Å². The summed E-state index contributed by atoms with van der Waals surface area (Å²) in [6, 6.07) is 0.624. The van der Waals surface area contributed by atoms with Crippen LogP contribution in [0, 0.1) is 0 Å². The largest absolute Gasteiger partial charge is 0.396 e. The number of likely N-dealkylation sites (tertiary alicyclic amines) is 1. The average Bonchev–Trinajstić information content (AvgIpc) is 2.17. The normalized spacial score (nSPS) is 24.5. The van der Waals surface area contributed by atoms with Crippen LogP contribution in [0.25, 0.3) is 0 Å². The van der Waals surface area contributed by atoms with Gasteiger partial charge in [-0.25, -0.2) is 0 Å². The SMILES string of the molecule is C=CCCN1CCCCC1CCO. The van der Waals surface area contributed by atoms with Crippen molar-refractivity contribution in [3.63, 3.8) is 0 Å². The second-order valence-corrected chi connectivity index (χ2v) is 3.78. The molecule has 0 aliphatic carbocycles. The minimum atomic E-state index is 0.329. The van der Waals surface area contributed by atoms with Crippen LogP contribution < -0.4 is 0 Å². The molecule has 1 saturated heterocycles. The first-order valence-electron chi connectivity index (χ1n) is 5.34. The van der Waals surface area contributed by atoms with E-state index in [-0.39, 0.29) is 0 Å². The van der Waals surface area contributed by atoms with Crippen LogP contribution in [0.2, 0.25) is 0 Å². The zero-order chi connectivity index (χ0) is 9.52. The van der Waals surface area contributed by atoms with Gasteiger partial charge in [-0.15, -0.1) is 6.58 Å². The van der Waals surface area contributed by atoms with E-state index in [9.17, 15) is 0 Å². The second-order valence-electron chi connectivity index (χ2n) is 3.78. The number of aliphatic hydroxyl groups excluding tert-OH is 1. The molecule has 0 aromatic heterocycles. The van der Waals surface area contributed by atoms with E-state index >= 15 is 0 Å².